The molecule has 0 aromatic heterocycles. The largest absolute Gasteiger partial charge is 0.329 e. The zero-order valence-corrected chi connectivity index (χ0v) is 8.10. The van der Waals surface area contributed by atoms with Gasteiger partial charge >= 0.3 is 0 Å². The molecule has 5 heteroatoms. The molecule has 0 bridgehead atoms. The Morgan fingerprint density at radius 2 is 2.36 bits per heavy atom. The van der Waals surface area contributed by atoms with Crippen LogP contribution in [0, 0.1) is 5.82 Å². The van der Waals surface area contributed by atoms with Crippen LogP contribution in [0.5, 0.6) is 0 Å². The van der Waals surface area contributed by atoms with Crippen molar-refractivity contribution in [3.05, 3.63) is 24.0 Å². The zero-order valence-electron chi connectivity index (χ0n) is 7.29. The van der Waals surface area contributed by atoms with E-state index in [1.807, 2.05) is 0 Å². The van der Waals surface area contributed by atoms with E-state index in [-0.39, 0.29) is 23.5 Å². The number of amides is 1. The topological polar surface area (TPSA) is 55.1 Å². The predicted octanol–water partition coefficient (Wildman–Crippen LogP) is 1.20. The summed E-state index contributed by atoms with van der Waals surface area (Å²) in [7, 11) is 0. The van der Waals surface area contributed by atoms with Gasteiger partial charge in [-0.2, -0.15) is 0 Å². The third-order valence-corrected chi connectivity index (χ3v) is 3.26. The van der Waals surface area contributed by atoms with E-state index in [2.05, 4.69) is 5.32 Å². The first-order chi connectivity index (χ1) is 6.70. The molecule has 0 saturated heterocycles. The van der Waals surface area contributed by atoms with E-state index in [1.165, 1.54) is 23.9 Å². The molecule has 3 N–H and O–H groups in total. The van der Waals surface area contributed by atoms with Gasteiger partial charge in [-0.3, -0.25) is 4.79 Å². The standard InChI is InChI=1S/C9H9FN2OS/c10-5-1-2-6-7(3-5)14-8(4-11)9(13)12-6/h1-3,8H,4,11H2,(H,12,13). The molecule has 74 valence electrons. The lowest BCUT2D eigenvalue weighted by molar-refractivity contribution is -0.115. The Labute approximate surface area is 84.9 Å². The molecule has 1 aliphatic heterocycles. The maximum atomic E-state index is 12.9. The summed E-state index contributed by atoms with van der Waals surface area (Å²) >= 11 is 1.30. The van der Waals surface area contributed by atoms with Gasteiger partial charge in [0.2, 0.25) is 5.91 Å². The second-order valence-corrected chi connectivity index (χ2v) is 4.22. The fourth-order valence-corrected chi connectivity index (χ4v) is 2.27. The normalized spacial score (nSPS) is 20.1. The van der Waals surface area contributed by atoms with Crippen LogP contribution in [-0.2, 0) is 4.79 Å². The number of halogens is 1. The molecular formula is C9H9FN2OS. The Hall–Kier alpha value is -1.07. The van der Waals surface area contributed by atoms with Gasteiger partial charge in [-0.25, -0.2) is 4.39 Å². The van der Waals surface area contributed by atoms with Crippen molar-refractivity contribution in [2.45, 2.75) is 10.1 Å². The molecule has 1 aromatic rings. The second kappa shape index (κ2) is 3.59. The Morgan fingerprint density at radius 3 is 3.07 bits per heavy atom. The van der Waals surface area contributed by atoms with Gasteiger partial charge in [0, 0.05) is 11.4 Å². The van der Waals surface area contributed by atoms with Crippen LogP contribution in [0.3, 0.4) is 0 Å². The van der Waals surface area contributed by atoms with Gasteiger partial charge in [-0.1, -0.05) is 0 Å². The van der Waals surface area contributed by atoms with E-state index in [1.54, 1.807) is 6.07 Å². The monoisotopic (exact) mass is 212 g/mol. The maximum Gasteiger partial charge on any atom is 0.239 e. The number of carbonyl (C=O) groups excluding carboxylic acids is 1. The predicted molar refractivity (Wildman–Crippen MR) is 53.7 cm³/mol. The second-order valence-electron chi connectivity index (χ2n) is 2.97. The average molecular weight is 212 g/mol. The van der Waals surface area contributed by atoms with Gasteiger partial charge in [0.15, 0.2) is 0 Å². The third kappa shape index (κ3) is 1.60. The molecule has 0 spiro atoms. The van der Waals surface area contributed by atoms with Crippen molar-refractivity contribution in [2.75, 3.05) is 11.9 Å². The molecule has 0 radical (unpaired) electrons. The lowest BCUT2D eigenvalue weighted by Crippen LogP contribution is -2.34. The molecule has 0 saturated carbocycles. The summed E-state index contributed by atoms with van der Waals surface area (Å²) in [4.78, 5) is 12.1. The molecule has 3 nitrogen and oxygen atoms in total. The maximum absolute atomic E-state index is 12.9. The van der Waals surface area contributed by atoms with Gasteiger partial charge in [0.1, 0.15) is 11.1 Å². The van der Waals surface area contributed by atoms with Crippen molar-refractivity contribution in [3.63, 3.8) is 0 Å². The summed E-state index contributed by atoms with van der Waals surface area (Å²) in [6, 6.07) is 4.28. The minimum absolute atomic E-state index is 0.114. The van der Waals surface area contributed by atoms with E-state index in [0.717, 1.165) is 4.90 Å². The summed E-state index contributed by atoms with van der Waals surface area (Å²) in [6.07, 6.45) is 0. The molecule has 1 aliphatic rings. The van der Waals surface area contributed by atoms with Crippen LogP contribution in [0.2, 0.25) is 0 Å². The Bertz CT molecular complexity index is 383. The number of hydrogen-bond acceptors (Lipinski definition) is 3. The summed E-state index contributed by atoms with van der Waals surface area (Å²) in [5, 5.41) is 2.37. The summed E-state index contributed by atoms with van der Waals surface area (Å²) in [5.74, 6) is -0.417. The number of fused-ring (bicyclic) bond motifs is 1. The van der Waals surface area contributed by atoms with Crippen LogP contribution in [-0.4, -0.2) is 17.7 Å². The number of nitrogens with one attached hydrogen (secondary N) is 1. The Kier molecular flexibility index (Phi) is 2.43. The minimum Gasteiger partial charge on any atom is -0.329 e. The molecule has 1 heterocycles. The molecule has 1 atom stereocenters. The first-order valence-electron chi connectivity index (χ1n) is 4.18. The number of nitrogens with two attached hydrogens (primary N) is 1. The fourth-order valence-electron chi connectivity index (χ4n) is 1.27. The van der Waals surface area contributed by atoms with Gasteiger partial charge < -0.3 is 11.1 Å². The van der Waals surface area contributed by atoms with Crippen LogP contribution in [0.4, 0.5) is 10.1 Å². The average Bonchev–Trinajstić information content (AvgIpc) is 2.17. The zero-order chi connectivity index (χ0) is 10.1. The highest BCUT2D eigenvalue weighted by Crippen LogP contribution is 2.35. The molecule has 0 aliphatic carbocycles. The first-order valence-corrected chi connectivity index (χ1v) is 5.06. The van der Waals surface area contributed by atoms with E-state index >= 15 is 0 Å². The lowest BCUT2D eigenvalue weighted by Gasteiger charge is -2.22. The van der Waals surface area contributed by atoms with Crippen molar-refractivity contribution in [2.24, 2.45) is 5.73 Å². The summed E-state index contributed by atoms with van der Waals surface area (Å²) < 4.78 is 12.9. The number of hydrogen-bond donors (Lipinski definition) is 2. The van der Waals surface area contributed by atoms with E-state index in [9.17, 15) is 9.18 Å². The number of rotatable bonds is 1. The molecule has 1 amide bonds. The Morgan fingerprint density at radius 1 is 1.57 bits per heavy atom. The van der Waals surface area contributed by atoms with Crippen molar-refractivity contribution in [3.8, 4) is 0 Å². The van der Waals surface area contributed by atoms with E-state index < -0.39 is 0 Å². The first kappa shape index (κ1) is 9.48. The van der Waals surface area contributed by atoms with Gasteiger partial charge in [-0.05, 0) is 18.2 Å². The molecular weight excluding hydrogens is 203 g/mol. The van der Waals surface area contributed by atoms with Gasteiger partial charge in [0.25, 0.3) is 0 Å². The highest BCUT2D eigenvalue weighted by atomic mass is 32.2. The Balaban J connectivity index is 2.36. The third-order valence-electron chi connectivity index (χ3n) is 1.98. The lowest BCUT2D eigenvalue weighted by atomic mass is 10.3. The highest BCUT2D eigenvalue weighted by molar-refractivity contribution is 8.01. The molecule has 1 aromatic carbocycles. The van der Waals surface area contributed by atoms with Crippen LogP contribution in [0.15, 0.2) is 23.1 Å². The van der Waals surface area contributed by atoms with Crippen LogP contribution >= 0.6 is 11.8 Å². The van der Waals surface area contributed by atoms with Crippen LogP contribution in [0.1, 0.15) is 0 Å². The summed E-state index contributed by atoms with van der Waals surface area (Å²) in [6.45, 7) is 0.256. The van der Waals surface area contributed by atoms with Crippen molar-refractivity contribution in [1.82, 2.24) is 0 Å². The van der Waals surface area contributed by atoms with Crippen molar-refractivity contribution >= 4 is 23.4 Å². The molecule has 1 unspecified atom stereocenters. The smallest absolute Gasteiger partial charge is 0.239 e. The van der Waals surface area contributed by atoms with Gasteiger partial charge in [-0.15, -0.1) is 11.8 Å². The van der Waals surface area contributed by atoms with E-state index in [0.29, 0.717) is 5.69 Å². The highest BCUT2D eigenvalue weighted by Gasteiger charge is 2.25. The van der Waals surface area contributed by atoms with Crippen molar-refractivity contribution in [1.29, 1.82) is 0 Å². The number of thioether (sulfide) groups is 1. The summed E-state index contributed by atoms with van der Waals surface area (Å²) in [5.41, 5.74) is 6.07. The fraction of sp³-hybridized carbons (Fsp3) is 0.222. The van der Waals surface area contributed by atoms with E-state index in [4.69, 9.17) is 5.73 Å². The van der Waals surface area contributed by atoms with Crippen molar-refractivity contribution < 1.29 is 9.18 Å². The number of carbonyl (C=O) groups is 1. The van der Waals surface area contributed by atoms with Crippen LogP contribution < -0.4 is 11.1 Å². The SMILES string of the molecule is NCC1Sc2cc(F)ccc2NC1=O. The molecule has 14 heavy (non-hydrogen) atoms. The quantitative estimate of drug-likeness (QED) is 0.735. The number of anilines is 1. The van der Waals surface area contributed by atoms with Gasteiger partial charge in [0.05, 0.1) is 5.69 Å². The number of benzene rings is 1. The molecule has 0 fully saturated rings. The van der Waals surface area contributed by atoms with Crippen LogP contribution in [0.25, 0.3) is 0 Å². The molecule has 2 rings (SSSR count). The minimum atomic E-state index is -0.315.